The third kappa shape index (κ3) is 0.616. The van der Waals surface area contributed by atoms with E-state index in [1.807, 2.05) is 0 Å². The van der Waals surface area contributed by atoms with Crippen molar-refractivity contribution in [3.8, 4) is 0 Å². The second-order valence-corrected chi connectivity index (χ2v) is 11.1. The summed E-state index contributed by atoms with van der Waals surface area (Å²) in [5, 5.41) is 0. The van der Waals surface area contributed by atoms with Crippen molar-refractivity contribution in [2.24, 2.45) is 0 Å². The normalized spacial score (nSPS) is 49.2. The van der Waals surface area contributed by atoms with Crippen LogP contribution < -0.4 is 0 Å². The van der Waals surface area contributed by atoms with Crippen molar-refractivity contribution in [1.29, 1.82) is 0 Å². The molecule has 1 fully saturated rings. The van der Waals surface area contributed by atoms with Gasteiger partial charge in [0.15, 0.2) is 17.1 Å². The Kier molecular flexibility index (Phi) is 0.663. The summed E-state index contributed by atoms with van der Waals surface area (Å²) < 4.78 is 5.19. The zero-order valence-electron chi connectivity index (χ0n) is 3.56. The molecule has 30 valence electrons. The van der Waals surface area contributed by atoms with Crippen molar-refractivity contribution in [1.82, 2.24) is 0 Å². The second-order valence-electron chi connectivity index (χ2n) is 1.55. The fourth-order valence-corrected chi connectivity index (χ4v) is 5.47. The zero-order valence-corrected chi connectivity index (χ0v) is 5.87. The molecule has 1 rings (SSSR count). The minimum Gasteiger partial charge on any atom is -0.461 e. The average Bonchev–Trinajstić information content (AvgIpc) is 1.79. The van der Waals surface area contributed by atoms with E-state index < -0.39 is 0 Å². The Morgan fingerprint density at radius 1 is 1.20 bits per heavy atom. The van der Waals surface area contributed by atoms with Gasteiger partial charge in [0.05, 0.1) is 0 Å². The predicted octanol–water partition coefficient (Wildman–Crippen LogP) is -0.198. The van der Waals surface area contributed by atoms with Crippen LogP contribution >= 0.6 is 0 Å². The maximum Gasteiger partial charge on any atom is 0.174 e. The molecular weight excluding hydrogens is 96.2 g/mol. The lowest BCUT2D eigenvalue weighted by atomic mass is 11.9. The lowest BCUT2D eigenvalue weighted by Gasteiger charge is -1.51. The molecule has 1 nitrogen and oxygen atoms in total. The molecule has 3 heteroatoms. The van der Waals surface area contributed by atoms with Crippen molar-refractivity contribution in [2.75, 3.05) is 0 Å². The smallest absolute Gasteiger partial charge is 0.174 e. The maximum absolute atomic E-state index is 5.19. The topological polar surface area (TPSA) is 12.5 Å². The quantitative estimate of drug-likeness (QED) is 0.306. The predicted molar refractivity (Wildman–Crippen MR) is 27.1 cm³/mol. The fraction of sp³-hybridized carbons (Fsp3) is 1.00. The molecule has 5 heavy (non-hydrogen) atoms. The van der Waals surface area contributed by atoms with Crippen molar-refractivity contribution in [3.05, 3.63) is 0 Å². The lowest BCUT2D eigenvalue weighted by Crippen LogP contribution is -1.86. The molecule has 1 aliphatic rings. The Hall–Kier alpha value is 0.394. The Labute approximate surface area is 35.2 Å². The molecule has 0 bridgehead atoms. The van der Waals surface area contributed by atoms with Gasteiger partial charge in [-0.3, -0.25) is 0 Å². The van der Waals surface area contributed by atoms with Crippen molar-refractivity contribution in [3.63, 3.8) is 0 Å². The number of rotatable bonds is 0. The van der Waals surface area contributed by atoms with E-state index in [-0.39, 0.29) is 17.1 Å². The summed E-state index contributed by atoms with van der Waals surface area (Å²) >= 11 is 0. The molecule has 0 aliphatic carbocycles. The van der Waals surface area contributed by atoms with E-state index in [2.05, 4.69) is 13.1 Å². The second kappa shape index (κ2) is 0.926. The van der Waals surface area contributed by atoms with Gasteiger partial charge in [-0.25, -0.2) is 0 Å². The van der Waals surface area contributed by atoms with E-state index >= 15 is 0 Å². The van der Waals surface area contributed by atoms with Crippen LogP contribution in [0.4, 0.5) is 0 Å². The first-order valence-corrected chi connectivity index (χ1v) is 7.88. The highest BCUT2D eigenvalue weighted by molar-refractivity contribution is 7.29. The molecule has 1 saturated heterocycles. The number of hydrogen-bond acceptors (Lipinski definition) is 1. The third-order valence-electron chi connectivity index (χ3n) is 1.01. The largest absolute Gasteiger partial charge is 0.461 e. The van der Waals surface area contributed by atoms with Crippen LogP contribution in [0, 0.1) is 0 Å². The molecule has 0 saturated carbocycles. The van der Waals surface area contributed by atoms with Gasteiger partial charge in [0.25, 0.3) is 0 Å². The van der Waals surface area contributed by atoms with Crippen LogP contribution in [0.2, 0.25) is 13.1 Å². The zero-order chi connectivity index (χ0) is 3.86. The monoisotopic (exact) mass is 104 g/mol. The first-order chi connectivity index (χ1) is 2.30. The van der Waals surface area contributed by atoms with Crippen molar-refractivity contribution >= 4 is 17.1 Å². The molecule has 0 N–H and O–H groups in total. The Morgan fingerprint density at radius 2 is 1.40 bits per heavy atom. The van der Waals surface area contributed by atoms with E-state index in [1.54, 1.807) is 0 Å². The van der Waals surface area contributed by atoms with Gasteiger partial charge in [-0.2, -0.15) is 0 Å². The molecule has 1 heterocycles. The van der Waals surface area contributed by atoms with Gasteiger partial charge in [-0.15, -0.1) is 0 Å². The first kappa shape index (κ1) is 3.58. The number of hydrogen-bond donors (Lipinski definition) is 0. The van der Waals surface area contributed by atoms with E-state index in [0.717, 1.165) is 0 Å². The van der Waals surface area contributed by atoms with Gasteiger partial charge >= 0.3 is 0 Å². The van der Waals surface area contributed by atoms with Crippen LogP contribution in [-0.4, -0.2) is 17.1 Å². The molecule has 1 aliphatic heterocycles. The van der Waals surface area contributed by atoms with Gasteiger partial charge in [0.2, 0.25) is 0 Å². The van der Waals surface area contributed by atoms with E-state index in [1.165, 1.54) is 0 Å². The van der Waals surface area contributed by atoms with Crippen LogP contribution in [0.25, 0.3) is 0 Å². The van der Waals surface area contributed by atoms with Crippen LogP contribution in [0.5, 0.6) is 0 Å². The molecule has 0 amide bonds. The molecule has 0 spiro atoms. The minimum absolute atomic E-state index is 0.344. The molecule has 2 atom stereocenters. The van der Waals surface area contributed by atoms with Gasteiger partial charge in [0.1, 0.15) is 0 Å². The van der Waals surface area contributed by atoms with Gasteiger partial charge in [0, 0.05) is 0 Å². The summed E-state index contributed by atoms with van der Waals surface area (Å²) in [7, 11) is -0.688. The van der Waals surface area contributed by atoms with E-state index in [0.29, 0.717) is 0 Å². The van der Waals surface area contributed by atoms with Gasteiger partial charge in [-0.1, -0.05) is 0 Å². The van der Waals surface area contributed by atoms with Crippen LogP contribution in [0.3, 0.4) is 0 Å². The summed E-state index contributed by atoms with van der Waals surface area (Å²) in [6.07, 6.45) is 0. The molecule has 0 aromatic carbocycles. The Bertz CT molecular complexity index is 40.9. The third-order valence-corrected chi connectivity index (χ3v) is 9.12. The summed E-state index contributed by atoms with van der Waals surface area (Å²) in [5.41, 5.74) is 0. The van der Waals surface area contributed by atoms with Crippen LogP contribution in [-0.2, 0) is 4.12 Å². The molecule has 2 unspecified atom stereocenters. The van der Waals surface area contributed by atoms with Crippen LogP contribution in [0.15, 0.2) is 0 Å². The first-order valence-electron chi connectivity index (χ1n) is 1.96. The highest BCUT2D eigenvalue weighted by Crippen LogP contribution is 2.09. The van der Waals surface area contributed by atoms with E-state index in [9.17, 15) is 0 Å². The average molecular weight is 104 g/mol. The summed E-state index contributed by atoms with van der Waals surface area (Å²) in [5.74, 6) is 0. The summed E-state index contributed by atoms with van der Waals surface area (Å²) in [6, 6.07) is 0. The minimum atomic E-state index is -0.344. The molecule has 0 radical (unpaired) electrons. The van der Waals surface area contributed by atoms with Gasteiger partial charge < -0.3 is 4.12 Å². The maximum atomic E-state index is 5.19. The Morgan fingerprint density at radius 3 is 1.40 bits per heavy atom. The highest BCUT2D eigenvalue weighted by Gasteiger charge is 2.32. The van der Waals surface area contributed by atoms with Crippen molar-refractivity contribution < 1.29 is 4.12 Å². The van der Waals surface area contributed by atoms with Crippen LogP contribution in [0.1, 0.15) is 0 Å². The standard InChI is InChI=1S/C2H8OSi2/c1-4-3-5(4)2/h4-5H,1-2H3. The Balaban J connectivity index is 2.20. The molecule has 0 aromatic heterocycles. The molecule has 0 aromatic rings. The SMILES string of the molecule is C[SiH]1O[SiH]1C. The summed E-state index contributed by atoms with van der Waals surface area (Å²) in [6.45, 7) is 4.55. The molecular formula is C2H8OSi2. The lowest BCUT2D eigenvalue weighted by molar-refractivity contribution is 0.723. The van der Waals surface area contributed by atoms with Crippen molar-refractivity contribution in [2.45, 2.75) is 13.1 Å². The summed E-state index contributed by atoms with van der Waals surface area (Å²) in [4.78, 5) is 0. The van der Waals surface area contributed by atoms with E-state index in [4.69, 9.17) is 4.12 Å². The van der Waals surface area contributed by atoms with Gasteiger partial charge in [-0.05, 0) is 13.1 Å². The fourth-order valence-electron chi connectivity index (χ4n) is 0.293. The highest BCUT2D eigenvalue weighted by atomic mass is 29.3.